The van der Waals surface area contributed by atoms with Crippen molar-refractivity contribution in [3.63, 3.8) is 0 Å². The first kappa shape index (κ1) is 47.8. The van der Waals surface area contributed by atoms with E-state index in [9.17, 15) is 19.0 Å². The molecule has 3 N–H and O–H groups in total. The fraction of sp³-hybridized carbons (Fsp3) is 0.897. The van der Waals surface area contributed by atoms with Crippen LogP contribution in [0.1, 0.15) is 194 Å². The number of carbonyl (C=O) groups excluding carboxylic acids is 2. The Morgan fingerprint density at radius 1 is 0.592 bits per heavy atom. The first-order valence-electron chi connectivity index (χ1n) is 20.2. The second-order valence-electron chi connectivity index (χ2n) is 13.5. The van der Waals surface area contributed by atoms with Crippen molar-refractivity contribution in [1.82, 2.24) is 0 Å². The summed E-state index contributed by atoms with van der Waals surface area (Å²) in [5, 5.41) is 0. The molecular weight excluding hydrogens is 641 g/mol. The predicted octanol–water partition coefficient (Wildman–Crippen LogP) is 11.1. The molecule has 10 heteroatoms. The van der Waals surface area contributed by atoms with Crippen molar-refractivity contribution in [1.29, 1.82) is 0 Å². The summed E-state index contributed by atoms with van der Waals surface area (Å²) >= 11 is 0. The zero-order chi connectivity index (χ0) is 36.1. The van der Waals surface area contributed by atoms with E-state index >= 15 is 0 Å². The Morgan fingerprint density at radius 3 is 1.47 bits per heavy atom. The van der Waals surface area contributed by atoms with Crippen LogP contribution in [0, 0.1) is 0 Å². The first-order valence-corrected chi connectivity index (χ1v) is 21.7. The fourth-order valence-electron chi connectivity index (χ4n) is 5.63. The highest BCUT2D eigenvalue weighted by Gasteiger charge is 2.26. The third kappa shape index (κ3) is 36.3. The van der Waals surface area contributed by atoms with Crippen LogP contribution in [0.25, 0.3) is 0 Å². The Morgan fingerprint density at radius 2 is 1.00 bits per heavy atom. The number of phosphoric acid groups is 1. The molecule has 0 aromatic heterocycles. The molecule has 0 fully saturated rings. The van der Waals surface area contributed by atoms with Crippen LogP contribution in [0.5, 0.6) is 0 Å². The van der Waals surface area contributed by atoms with Crippen LogP contribution in [0.3, 0.4) is 0 Å². The number of hydrogen-bond donors (Lipinski definition) is 2. The zero-order valence-electron chi connectivity index (χ0n) is 31.7. The van der Waals surface area contributed by atoms with Crippen LogP contribution in [-0.2, 0) is 32.7 Å². The third-order valence-electron chi connectivity index (χ3n) is 8.65. The molecule has 49 heavy (non-hydrogen) atoms. The minimum Gasteiger partial charge on any atom is -0.462 e. The molecule has 0 radical (unpaired) electrons. The van der Waals surface area contributed by atoms with Gasteiger partial charge in [0.25, 0.3) is 0 Å². The highest BCUT2D eigenvalue weighted by molar-refractivity contribution is 7.47. The van der Waals surface area contributed by atoms with Gasteiger partial charge in [-0.2, -0.15) is 0 Å². The Bertz CT molecular complexity index is 825. The van der Waals surface area contributed by atoms with E-state index in [0.717, 1.165) is 51.4 Å². The summed E-state index contributed by atoms with van der Waals surface area (Å²) in [7, 11) is -4.37. The second-order valence-corrected chi connectivity index (χ2v) is 15.0. The molecule has 9 nitrogen and oxygen atoms in total. The van der Waals surface area contributed by atoms with Crippen LogP contribution in [0.2, 0.25) is 0 Å². The van der Waals surface area contributed by atoms with Gasteiger partial charge in [-0.3, -0.25) is 18.6 Å². The summed E-state index contributed by atoms with van der Waals surface area (Å²) < 4.78 is 32.7. The van der Waals surface area contributed by atoms with E-state index in [4.69, 9.17) is 24.3 Å². The van der Waals surface area contributed by atoms with Gasteiger partial charge in [-0.1, -0.05) is 154 Å². The van der Waals surface area contributed by atoms with Gasteiger partial charge in [0.1, 0.15) is 6.61 Å². The van der Waals surface area contributed by atoms with Crippen molar-refractivity contribution in [2.75, 3.05) is 26.4 Å². The monoisotopic (exact) mass is 718 g/mol. The van der Waals surface area contributed by atoms with Crippen molar-refractivity contribution in [2.45, 2.75) is 200 Å². The largest absolute Gasteiger partial charge is 0.472 e. The van der Waals surface area contributed by atoms with Gasteiger partial charge in [0, 0.05) is 19.4 Å². The van der Waals surface area contributed by atoms with Gasteiger partial charge < -0.3 is 20.1 Å². The molecule has 0 aromatic rings. The van der Waals surface area contributed by atoms with Crippen LogP contribution < -0.4 is 5.73 Å². The molecule has 0 heterocycles. The van der Waals surface area contributed by atoms with Crippen molar-refractivity contribution in [3.05, 3.63) is 12.2 Å². The highest BCUT2D eigenvalue weighted by atomic mass is 31.2. The third-order valence-corrected chi connectivity index (χ3v) is 9.64. The van der Waals surface area contributed by atoms with Crippen molar-refractivity contribution in [3.8, 4) is 0 Å². The highest BCUT2D eigenvalue weighted by Crippen LogP contribution is 2.43. The van der Waals surface area contributed by atoms with Crippen molar-refractivity contribution in [2.24, 2.45) is 5.73 Å². The first-order chi connectivity index (χ1) is 23.8. The van der Waals surface area contributed by atoms with Crippen molar-refractivity contribution >= 4 is 19.8 Å². The van der Waals surface area contributed by atoms with E-state index in [0.29, 0.717) is 6.42 Å². The molecule has 0 aromatic carbocycles. The van der Waals surface area contributed by atoms with Crippen LogP contribution in [0.15, 0.2) is 12.2 Å². The summed E-state index contributed by atoms with van der Waals surface area (Å²) in [5.74, 6) is -0.831. The van der Waals surface area contributed by atoms with E-state index in [1.54, 1.807) is 0 Å². The van der Waals surface area contributed by atoms with Gasteiger partial charge in [-0.15, -0.1) is 0 Å². The number of unbranched alkanes of at least 4 members (excludes halogenated alkanes) is 23. The lowest BCUT2D eigenvalue weighted by molar-refractivity contribution is -0.161. The van der Waals surface area contributed by atoms with Crippen LogP contribution >= 0.6 is 7.82 Å². The van der Waals surface area contributed by atoms with E-state index in [-0.39, 0.29) is 38.6 Å². The van der Waals surface area contributed by atoms with Crippen LogP contribution in [-0.4, -0.2) is 49.3 Å². The van der Waals surface area contributed by atoms with Crippen LogP contribution in [0.4, 0.5) is 0 Å². The normalized spacial score (nSPS) is 13.5. The minimum absolute atomic E-state index is 0.0546. The minimum atomic E-state index is -4.37. The summed E-state index contributed by atoms with van der Waals surface area (Å²) in [6.45, 7) is 3.72. The maximum Gasteiger partial charge on any atom is 0.472 e. The smallest absolute Gasteiger partial charge is 0.462 e. The molecule has 0 saturated carbocycles. The standard InChI is InChI=1S/C39H76NO8P/c1-3-5-7-9-11-13-15-17-18-20-21-23-25-27-29-31-38(41)45-35-37(36-47-49(43,44)46-34-33-40)48-39(42)32-30-28-26-24-22-19-16-14-12-10-8-6-4-2/h14,16,37H,3-13,15,17-36,40H2,1-2H3,(H,43,44)/b16-14+/t37-/m1/s1. The summed E-state index contributed by atoms with van der Waals surface area (Å²) in [5.41, 5.74) is 5.33. The topological polar surface area (TPSA) is 134 Å². The SMILES string of the molecule is CCCCCC/C=C/CCCCCCCC(=O)O[C@H](COC(=O)CCCCCCCCCCCCCCCCC)COP(=O)(O)OCCN. The molecule has 0 bridgehead atoms. The number of ether oxygens (including phenoxy) is 2. The molecular formula is C39H76NO8P. The summed E-state index contributed by atoms with van der Waals surface area (Å²) in [4.78, 5) is 34.7. The number of carbonyl (C=O) groups is 2. The number of hydrogen-bond acceptors (Lipinski definition) is 8. The molecule has 0 aliphatic carbocycles. The van der Waals surface area contributed by atoms with E-state index in [2.05, 4.69) is 26.0 Å². The summed E-state index contributed by atoms with van der Waals surface area (Å²) in [6, 6.07) is 0. The Kier molecular flexibility index (Phi) is 35.6. The quantitative estimate of drug-likeness (QED) is 0.0277. The second kappa shape index (κ2) is 36.5. The Hall–Kier alpha value is -1.25. The average Bonchev–Trinajstić information content (AvgIpc) is 3.08. The molecule has 0 aliphatic rings. The Labute approximate surface area is 300 Å². The van der Waals surface area contributed by atoms with Gasteiger partial charge in [-0.05, 0) is 38.5 Å². The van der Waals surface area contributed by atoms with Gasteiger partial charge >= 0.3 is 19.8 Å². The fourth-order valence-corrected chi connectivity index (χ4v) is 6.39. The lowest BCUT2D eigenvalue weighted by Crippen LogP contribution is -2.29. The predicted molar refractivity (Wildman–Crippen MR) is 201 cm³/mol. The molecule has 0 saturated heterocycles. The van der Waals surface area contributed by atoms with Gasteiger partial charge in [-0.25, -0.2) is 4.57 Å². The van der Waals surface area contributed by atoms with Gasteiger partial charge in [0.05, 0.1) is 13.2 Å². The molecule has 0 amide bonds. The van der Waals surface area contributed by atoms with E-state index in [1.807, 2.05) is 0 Å². The maximum absolute atomic E-state index is 12.5. The average molecular weight is 718 g/mol. The van der Waals surface area contributed by atoms with Gasteiger partial charge in [0.2, 0.25) is 0 Å². The molecule has 0 spiro atoms. The molecule has 0 aliphatic heterocycles. The number of rotatable bonds is 38. The number of phosphoric ester groups is 1. The number of esters is 2. The Balaban J connectivity index is 4.17. The van der Waals surface area contributed by atoms with E-state index in [1.165, 1.54) is 109 Å². The lowest BCUT2D eigenvalue weighted by Gasteiger charge is -2.19. The zero-order valence-corrected chi connectivity index (χ0v) is 32.6. The van der Waals surface area contributed by atoms with Gasteiger partial charge in [0.15, 0.2) is 6.10 Å². The molecule has 290 valence electrons. The molecule has 0 rings (SSSR count). The number of nitrogens with two attached hydrogens (primary N) is 1. The maximum atomic E-state index is 12.5. The number of allylic oxidation sites excluding steroid dienone is 2. The lowest BCUT2D eigenvalue weighted by atomic mass is 10.0. The molecule has 1 unspecified atom stereocenters. The summed E-state index contributed by atoms with van der Waals surface area (Å²) in [6.07, 6.45) is 35.2. The van der Waals surface area contributed by atoms with Crippen molar-refractivity contribution < 1.29 is 37.6 Å². The molecule has 2 atom stereocenters. The van der Waals surface area contributed by atoms with E-state index < -0.39 is 26.5 Å².